The second-order valence-electron chi connectivity index (χ2n) is 7.05. The van der Waals surface area contributed by atoms with E-state index in [0.717, 1.165) is 26.2 Å². The van der Waals surface area contributed by atoms with E-state index in [9.17, 15) is 5.11 Å². The van der Waals surface area contributed by atoms with Gasteiger partial charge >= 0.3 is 0 Å². The second-order valence-corrected chi connectivity index (χ2v) is 7.05. The van der Waals surface area contributed by atoms with Crippen molar-refractivity contribution >= 4 is 0 Å². The molecular formula is C17H28N2O. The zero-order chi connectivity index (χ0) is 14.9. The molecule has 0 saturated carbocycles. The second kappa shape index (κ2) is 5.74. The van der Waals surface area contributed by atoms with Gasteiger partial charge in [0.1, 0.15) is 5.75 Å². The molecule has 1 saturated heterocycles. The van der Waals surface area contributed by atoms with Gasteiger partial charge in [-0.3, -0.25) is 4.90 Å². The molecule has 0 aromatic heterocycles. The van der Waals surface area contributed by atoms with Crippen molar-refractivity contribution in [2.45, 2.75) is 40.7 Å². The molecule has 2 rings (SSSR count). The van der Waals surface area contributed by atoms with Crippen LogP contribution in [0, 0.1) is 19.3 Å². The molecule has 0 spiro atoms. The molecule has 1 aromatic carbocycles. The minimum atomic E-state index is 0.170. The Morgan fingerprint density at radius 3 is 2.05 bits per heavy atom. The van der Waals surface area contributed by atoms with Crippen molar-refractivity contribution in [3.63, 3.8) is 0 Å². The summed E-state index contributed by atoms with van der Waals surface area (Å²) in [4.78, 5) is 2.59. The number of aryl methyl sites for hydroxylation is 2. The Bertz CT molecular complexity index is 447. The first-order valence-corrected chi connectivity index (χ1v) is 7.55. The Balaban J connectivity index is 2.46. The van der Waals surface area contributed by atoms with Gasteiger partial charge in [-0.25, -0.2) is 0 Å². The lowest BCUT2D eigenvalue weighted by Crippen LogP contribution is -2.48. The van der Waals surface area contributed by atoms with Gasteiger partial charge in [0.2, 0.25) is 0 Å². The molecule has 0 unspecified atom stereocenters. The molecule has 1 aromatic rings. The molecule has 3 nitrogen and oxygen atoms in total. The highest BCUT2D eigenvalue weighted by Gasteiger charge is 2.34. The maximum absolute atomic E-state index is 9.79. The molecule has 3 heteroatoms. The van der Waals surface area contributed by atoms with Gasteiger partial charge in [0, 0.05) is 32.2 Å². The van der Waals surface area contributed by atoms with Crippen LogP contribution < -0.4 is 5.32 Å². The number of nitrogens with zero attached hydrogens (tertiary/aromatic N) is 1. The standard InChI is InChI=1S/C17H28N2O/c1-12-10-14(20)11-13(2)15(12)16(17(3,4)5)19-8-6-18-7-9-19/h10-11,16,18,20H,6-9H2,1-5H3/t16-/m1/s1. The van der Waals surface area contributed by atoms with Crippen molar-refractivity contribution in [1.29, 1.82) is 0 Å². The fourth-order valence-electron chi connectivity index (χ4n) is 3.49. The number of piperazine rings is 1. The molecule has 112 valence electrons. The molecule has 0 amide bonds. The SMILES string of the molecule is Cc1cc(O)cc(C)c1[C@@H](N1CCNCC1)C(C)(C)C. The van der Waals surface area contributed by atoms with E-state index in [1.165, 1.54) is 16.7 Å². The van der Waals surface area contributed by atoms with Crippen molar-refractivity contribution < 1.29 is 5.11 Å². The molecule has 2 N–H and O–H groups in total. The van der Waals surface area contributed by atoms with E-state index >= 15 is 0 Å². The monoisotopic (exact) mass is 276 g/mol. The molecule has 0 aliphatic carbocycles. The van der Waals surface area contributed by atoms with Gasteiger partial charge in [0.15, 0.2) is 0 Å². The number of hydrogen-bond acceptors (Lipinski definition) is 3. The molecule has 1 fully saturated rings. The van der Waals surface area contributed by atoms with Crippen LogP contribution in [-0.2, 0) is 0 Å². The molecule has 0 radical (unpaired) electrons. The molecule has 20 heavy (non-hydrogen) atoms. The van der Waals surface area contributed by atoms with E-state index in [0.29, 0.717) is 11.8 Å². The Kier molecular flexibility index (Phi) is 4.40. The quantitative estimate of drug-likeness (QED) is 0.871. The number of phenols is 1. The summed E-state index contributed by atoms with van der Waals surface area (Å²) in [6, 6.07) is 4.18. The number of hydrogen-bond donors (Lipinski definition) is 2. The van der Waals surface area contributed by atoms with Crippen LogP contribution in [0.1, 0.15) is 43.5 Å². The van der Waals surface area contributed by atoms with Crippen molar-refractivity contribution in [2.75, 3.05) is 26.2 Å². The topological polar surface area (TPSA) is 35.5 Å². The summed E-state index contributed by atoms with van der Waals surface area (Å²) < 4.78 is 0. The highest BCUT2D eigenvalue weighted by molar-refractivity contribution is 5.43. The highest BCUT2D eigenvalue weighted by atomic mass is 16.3. The average molecular weight is 276 g/mol. The predicted octanol–water partition coefficient (Wildman–Crippen LogP) is 3.00. The van der Waals surface area contributed by atoms with E-state index < -0.39 is 0 Å². The molecule has 1 aliphatic rings. The summed E-state index contributed by atoms with van der Waals surface area (Å²) in [5, 5.41) is 13.2. The number of benzene rings is 1. The first kappa shape index (κ1) is 15.3. The van der Waals surface area contributed by atoms with E-state index in [1.54, 1.807) is 0 Å². The Morgan fingerprint density at radius 1 is 1.10 bits per heavy atom. The maximum atomic E-state index is 9.79. The van der Waals surface area contributed by atoms with Gasteiger partial charge in [-0.15, -0.1) is 0 Å². The van der Waals surface area contributed by atoms with E-state index in [4.69, 9.17) is 0 Å². The van der Waals surface area contributed by atoms with Gasteiger partial charge in [0.05, 0.1) is 0 Å². The van der Waals surface area contributed by atoms with Crippen molar-refractivity contribution in [3.05, 3.63) is 28.8 Å². The van der Waals surface area contributed by atoms with Crippen LogP contribution in [0.2, 0.25) is 0 Å². The largest absolute Gasteiger partial charge is 0.508 e. The lowest BCUT2D eigenvalue weighted by atomic mass is 9.78. The lowest BCUT2D eigenvalue weighted by Gasteiger charge is -2.44. The summed E-state index contributed by atoms with van der Waals surface area (Å²) in [5.74, 6) is 0.372. The third-order valence-corrected chi connectivity index (χ3v) is 4.19. The minimum absolute atomic E-state index is 0.170. The maximum Gasteiger partial charge on any atom is 0.116 e. The van der Waals surface area contributed by atoms with Gasteiger partial charge in [-0.2, -0.15) is 0 Å². The van der Waals surface area contributed by atoms with Crippen LogP contribution in [0.15, 0.2) is 12.1 Å². The number of rotatable bonds is 2. The molecule has 1 aliphatic heterocycles. The molecule has 0 bridgehead atoms. The predicted molar refractivity (Wildman–Crippen MR) is 84.2 cm³/mol. The summed E-state index contributed by atoms with van der Waals surface area (Å²) in [6.45, 7) is 15.4. The third kappa shape index (κ3) is 3.15. The van der Waals surface area contributed by atoms with Gasteiger partial charge in [-0.1, -0.05) is 20.8 Å². The van der Waals surface area contributed by atoms with E-state index in [2.05, 4.69) is 44.8 Å². The van der Waals surface area contributed by atoms with E-state index in [1.807, 2.05) is 12.1 Å². The van der Waals surface area contributed by atoms with Crippen LogP contribution in [0.3, 0.4) is 0 Å². The van der Waals surface area contributed by atoms with Gasteiger partial charge in [0.25, 0.3) is 0 Å². The zero-order valence-corrected chi connectivity index (χ0v) is 13.5. The summed E-state index contributed by atoms with van der Waals surface area (Å²) in [7, 11) is 0. The number of phenolic OH excluding ortho intramolecular Hbond substituents is 1. The van der Waals surface area contributed by atoms with E-state index in [-0.39, 0.29) is 5.41 Å². The fourth-order valence-corrected chi connectivity index (χ4v) is 3.49. The minimum Gasteiger partial charge on any atom is -0.508 e. The Hall–Kier alpha value is -1.06. The Morgan fingerprint density at radius 2 is 1.60 bits per heavy atom. The van der Waals surface area contributed by atoms with Crippen molar-refractivity contribution in [1.82, 2.24) is 10.2 Å². The van der Waals surface area contributed by atoms with Gasteiger partial charge in [-0.05, 0) is 48.1 Å². The highest BCUT2D eigenvalue weighted by Crippen LogP contribution is 2.41. The third-order valence-electron chi connectivity index (χ3n) is 4.19. The average Bonchev–Trinajstić information content (AvgIpc) is 2.33. The van der Waals surface area contributed by atoms with Crippen LogP contribution in [0.5, 0.6) is 5.75 Å². The van der Waals surface area contributed by atoms with Gasteiger partial charge < -0.3 is 10.4 Å². The smallest absolute Gasteiger partial charge is 0.116 e. The van der Waals surface area contributed by atoms with Crippen molar-refractivity contribution in [3.8, 4) is 5.75 Å². The zero-order valence-electron chi connectivity index (χ0n) is 13.5. The fraction of sp³-hybridized carbons (Fsp3) is 0.647. The van der Waals surface area contributed by atoms with Crippen LogP contribution >= 0.6 is 0 Å². The summed E-state index contributed by atoms with van der Waals surface area (Å²) in [5.41, 5.74) is 3.95. The van der Waals surface area contributed by atoms with Crippen LogP contribution in [0.25, 0.3) is 0 Å². The Labute approximate surface area is 123 Å². The number of nitrogens with one attached hydrogen (secondary N) is 1. The summed E-state index contributed by atoms with van der Waals surface area (Å²) in [6.07, 6.45) is 0. The van der Waals surface area contributed by atoms with Crippen LogP contribution in [0.4, 0.5) is 0 Å². The summed E-state index contributed by atoms with van der Waals surface area (Å²) >= 11 is 0. The number of aromatic hydroxyl groups is 1. The first-order chi connectivity index (χ1) is 9.30. The van der Waals surface area contributed by atoms with Crippen molar-refractivity contribution in [2.24, 2.45) is 5.41 Å². The van der Waals surface area contributed by atoms with Crippen LogP contribution in [-0.4, -0.2) is 36.2 Å². The lowest BCUT2D eigenvalue weighted by molar-refractivity contribution is 0.0852. The molecule has 1 atom stereocenters. The molecule has 1 heterocycles. The normalized spacial score (nSPS) is 19.1. The molecular weight excluding hydrogens is 248 g/mol. The first-order valence-electron chi connectivity index (χ1n) is 7.55.